The molecule has 1 aromatic rings. The average molecular weight is 343 g/mol. The minimum Gasteiger partial charge on any atom is -0.461 e. The lowest BCUT2D eigenvalue weighted by Crippen LogP contribution is -2.20. The smallest absolute Gasteiger partial charge is 0.362 e. The van der Waals surface area contributed by atoms with Crippen molar-refractivity contribution in [3.63, 3.8) is 0 Å². The van der Waals surface area contributed by atoms with Gasteiger partial charge in [0.15, 0.2) is 5.13 Å². The van der Waals surface area contributed by atoms with Gasteiger partial charge in [0.25, 0.3) is 0 Å². The van der Waals surface area contributed by atoms with Crippen LogP contribution >= 0.6 is 23.1 Å². The van der Waals surface area contributed by atoms with E-state index >= 15 is 0 Å². The summed E-state index contributed by atoms with van der Waals surface area (Å²) in [5.74, 6) is 0.926. The normalized spacial score (nSPS) is 10.9. The Hall–Kier alpha value is -1.87. The van der Waals surface area contributed by atoms with E-state index in [-0.39, 0.29) is 12.3 Å². The fraction of sp³-hybridized carbons (Fsp3) is 0.385. The SMILES string of the molecule is C=CCSCCO/N=C(/C(=O)OCC)c1csc(NC=O)n1. The molecule has 0 fully saturated rings. The van der Waals surface area contributed by atoms with Crippen LogP contribution in [0.25, 0.3) is 0 Å². The Kier molecular flexibility index (Phi) is 8.92. The number of hydrogen-bond acceptors (Lipinski definition) is 8. The van der Waals surface area contributed by atoms with E-state index in [9.17, 15) is 9.59 Å². The molecule has 0 atom stereocenters. The van der Waals surface area contributed by atoms with Gasteiger partial charge in [0.2, 0.25) is 12.1 Å². The highest BCUT2D eigenvalue weighted by Gasteiger charge is 2.20. The third-order valence-corrected chi connectivity index (χ3v) is 3.81. The molecule has 0 aliphatic carbocycles. The Morgan fingerprint density at radius 1 is 1.64 bits per heavy atom. The summed E-state index contributed by atoms with van der Waals surface area (Å²) in [6.07, 6.45) is 2.31. The quantitative estimate of drug-likeness (QED) is 0.165. The molecule has 120 valence electrons. The van der Waals surface area contributed by atoms with Gasteiger partial charge in [-0.05, 0) is 6.92 Å². The van der Waals surface area contributed by atoms with E-state index in [1.54, 1.807) is 30.1 Å². The van der Waals surface area contributed by atoms with Gasteiger partial charge in [0, 0.05) is 16.9 Å². The second-order valence-electron chi connectivity index (χ2n) is 3.66. The summed E-state index contributed by atoms with van der Waals surface area (Å²) >= 11 is 2.81. The van der Waals surface area contributed by atoms with Crippen molar-refractivity contribution >= 4 is 46.3 Å². The molecule has 22 heavy (non-hydrogen) atoms. The lowest BCUT2D eigenvalue weighted by Gasteiger charge is -2.04. The van der Waals surface area contributed by atoms with E-state index in [1.807, 2.05) is 0 Å². The summed E-state index contributed by atoms with van der Waals surface area (Å²) in [5.41, 5.74) is 0.275. The van der Waals surface area contributed by atoms with Gasteiger partial charge < -0.3 is 14.9 Å². The second kappa shape index (κ2) is 10.8. The van der Waals surface area contributed by atoms with Crippen LogP contribution in [0.2, 0.25) is 0 Å². The highest BCUT2D eigenvalue weighted by molar-refractivity contribution is 7.99. The zero-order valence-corrected chi connectivity index (χ0v) is 13.7. The summed E-state index contributed by atoms with van der Waals surface area (Å²) < 4.78 is 4.93. The number of anilines is 1. The topological polar surface area (TPSA) is 89.9 Å². The van der Waals surface area contributed by atoms with Gasteiger partial charge in [-0.2, -0.15) is 11.8 Å². The van der Waals surface area contributed by atoms with Crippen LogP contribution < -0.4 is 5.32 Å². The van der Waals surface area contributed by atoms with Crippen LogP contribution in [0.3, 0.4) is 0 Å². The molecule has 0 saturated carbocycles. The van der Waals surface area contributed by atoms with Crippen LogP contribution in [0.4, 0.5) is 5.13 Å². The Labute approximate surface area is 136 Å². The van der Waals surface area contributed by atoms with Crippen LogP contribution in [0.1, 0.15) is 12.6 Å². The number of thiazole rings is 1. The first-order valence-electron chi connectivity index (χ1n) is 6.44. The van der Waals surface area contributed by atoms with Crippen molar-refractivity contribution < 1.29 is 19.2 Å². The predicted molar refractivity (Wildman–Crippen MR) is 88.4 cm³/mol. The van der Waals surface area contributed by atoms with Crippen LogP contribution in [0.15, 0.2) is 23.2 Å². The first-order valence-corrected chi connectivity index (χ1v) is 8.48. The van der Waals surface area contributed by atoms with Gasteiger partial charge in [-0.25, -0.2) is 9.78 Å². The highest BCUT2D eigenvalue weighted by Crippen LogP contribution is 2.16. The number of amides is 1. The fourth-order valence-electron chi connectivity index (χ4n) is 1.26. The summed E-state index contributed by atoms with van der Waals surface area (Å²) in [6, 6.07) is 0. The molecule has 0 radical (unpaired) electrons. The maximum atomic E-state index is 11.9. The molecule has 9 heteroatoms. The van der Waals surface area contributed by atoms with Crippen LogP contribution in [0, 0.1) is 0 Å². The van der Waals surface area contributed by atoms with Gasteiger partial charge in [0.1, 0.15) is 12.3 Å². The second-order valence-corrected chi connectivity index (χ2v) is 5.67. The molecule has 7 nitrogen and oxygen atoms in total. The van der Waals surface area contributed by atoms with Crippen molar-refractivity contribution in [3.05, 3.63) is 23.7 Å². The third kappa shape index (κ3) is 6.27. The number of carbonyl (C=O) groups is 2. The molecule has 0 bridgehead atoms. The van der Waals surface area contributed by atoms with E-state index in [0.29, 0.717) is 23.8 Å². The summed E-state index contributed by atoms with van der Waals surface area (Å²) in [4.78, 5) is 31.5. The molecule has 1 aromatic heterocycles. The van der Waals surface area contributed by atoms with Gasteiger partial charge >= 0.3 is 5.97 Å². The minimum atomic E-state index is -0.621. The number of nitrogens with one attached hydrogen (secondary N) is 1. The lowest BCUT2D eigenvalue weighted by molar-refractivity contribution is -0.135. The highest BCUT2D eigenvalue weighted by atomic mass is 32.2. The number of oxime groups is 1. The number of aromatic nitrogens is 1. The Morgan fingerprint density at radius 3 is 3.14 bits per heavy atom. The molecule has 1 amide bonds. The lowest BCUT2D eigenvalue weighted by atomic mass is 10.3. The number of rotatable bonds is 11. The molecule has 1 N–H and O–H groups in total. The molecule has 0 aliphatic rings. The number of esters is 1. The Balaban J connectivity index is 2.71. The van der Waals surface area contributed by atoms with Crippen molar-refractivity contribution in [1.82, 2.24) is 4.98 Å². The van der Waals surface area contributed by atoms with Crippen molar-refractivity contribution in [2.75, 3.05) is 30.0 Å². The Bertz CT molecular complexity index is 531. The van der Waals surface area contributed by atoms with Gasteiger partial charge in [-0.15, -0.1) is 17.9 Å². The molecule has 1 heterocycles. The first kappa shape index (κ1) is 18.2. The molecule has 1 rings (SSSR count). The third-order valence-electron chi connectivity index (χ3n) is 2.11. The van der Waals surface area contributed by atoms with Crippen molar-refractivity contribution in [1.29, 1.82) is 0 Å². The van der Waals surface area contributed by atoms with Crippen LogP contribution in [-0.4, -0.2) is 47.8 Å². The van der Waals surface area contributed by atoms with Crippen LogP contribution in [-0.2, 0) is 19.2 Å². The maximum absolute atomic E-state index is 11.9. The number of hydrogen-bond donors (Lipinski definition) is 1. The van der Waals surface area contributed by atoms with E-state index in [2.05, 4.69) is 22.0 Å². The molecule has 0 aliphatic heterocycles. The zero-order chi connectivity index (χ0) is 16.2. The van der Waals surface area contributed by atoms with Gasteiger partial charge in [0.05, 0.1) is 6.61 Å². The first-order chi connectivity index (χ1) is 10.7. The number of thioether (sulfide) groups is 1. The van der Waals surface area contributed by atoms with Gasteiger partial charge in [-0.3, -0.25) is 4.79 Å². The van der Waals surface area contributed by atoms with E-state index in [1.165, 1.54) is 11.3 Å². The zero-order valence-electron chi connectivity index (χ0n) is 12.1. The molecule has 0 aromatic carbocycles. The summed E-state index contributed by atoms with van der Waals surface area (Å²) in [5, 5.41) is 8.18. The van der Waals surface area contributed by atoms with Gasteiger partial charge in [-0.1, -0.05) is 11.2 Å². The van der Waals surface area contributed by atoms with E-state index < -0.39 is 5.97 Å². The molecule has 0 spiro atoms. The number of ether oxygens (including phenoxy) is 1. The molecular formula is C13H17N3O4S2. The largest absolute Gasteiger partial charge is 0.461 e. The Morgan fingerprint density at radius 2 is 2.45 bits per heavy atom. The van der Waals surface area contributed by atoms with E-state index in [4.69, 9.17) is 9.57 Å². The van der Waals surface area contributed by atoms with E-state index in [0.717, 1.165) is 11.5 Å². The standard InChI is InChI=1S/C13H17N3O4S2/c1-3-6-21-7-5-20-16-11(12(18)19-4-2)10-8-22-13(15-10)14-9-17/h3,8-9H,1,4-7H2,2H3,(H,14,15,17)/b16-11+. The minimum absolute atomic E-state index is 0.0224. The van der Waals surface area contributed by atoms with Crippen LogP contribution in [0.5, 0.6) is 0 Å². The summed E-state index contributed by atoms with van der Waals surface area (Å²) in [6.45, 7) is 5.89. The fourth-order valence-corrected chi connectivity index (χ4v) is 2.44. The van der Waals surface area contributed by atoms with Crippen molar-refractivity contribution in [2.24, 2.45) is 5.16 Å². The predicted octanol–water partition coefficient (Wildman–Crippen LogP) is 1.91. The monoisotopic (exact) mass is 343 g/mol. The van der Waals surface area contributed by atoms with Crippen molar-refractivity contribution in [2.45, 2.75) is 6.92 Å². The number of nitrogens with zero attached hydrogens (tertiary/aromatic N) is 2. The molecule has 0 saturated heterocycles. The summed E-state index contributed by atoms with van der Waals surface area (Å²) in [7, 11) is 0. The molecule has 0 unspecified atom stereocenters. The maximum Gasteiger partial charge on any atom is 0.362 e. The molecular weight excluding hydrogens is 326 g/mol. The number of carbonyl (C=O) groups excluding carboxylic acids is 2. The average Bonchev–Trinajstić information content (AvgIpc) is 2.95. The van der Waals surface area contributed by atoms with Crippen molar-refractivity contribution in [3.8, 4) is 0 Å².